The Hall–Kier alpha value is -3.22. The van der Waals surface area contributed by atoms with Crippen molar-refractivity contribution >= 4 is 17.7 Å². The number of benzene rings is 1. The fourth-order valence-electron chi connectivity index (χ4n) is 3.25. The molecule has 146 valence electrons. The molecule has 1 aliphatic heterocycles. The van der Waals surface area contributed by atoms with Crippen LogP contribution in [-0.4, -0.2) is 64.7 Å². The Bertz CT molecular complexity index is 818. The summed E-state index contributed by atoms with van der Waals surface area (Å²) in [5.41, 5.74) is 1.38. The van der Waals surface area contributed by atoms with E-state index in [0.29, 0.717) is 38.2 Å². The van der Waals surface area contributed by atoms with Gasteiger partial charge < -0.3 is 15.1 Å². The van der Waals surface area contributed by atoms with Gasteiger partial charge in [-0.3, -0.25) is 19.4 Å². The lowest BCUT2D eigenvalue weighted by Crippen LogP contribution is -2.56. The molecule has 1 N–H and O–H groups in total. The Morgan fingerprint density at radius 2 is 1.68 bits per heavy atom. The number of piperazine rings is 1. The first-order chi connectivity index (χ1) is 13.5. The number of hydrogen-bond donors (Lipinski definition) is 1. The van der Waals surface area contributed by atoms with E-state index in [9.17, 15) is 14.4 Å². The SMILES string of the molecule is CC(=O)N1CCN(C(=O)[C@@H](Cc2ccccc2)NC(=O)c2cccnc2)CC1. The molecule has 1 aromatic carbocycles. The van der Waals surface area contributed by atoms with Gasteiger partial charge in [-0.05, 0) is 17.7 Å². The molecule has 0 unspecified atom stereocenters. The van der Waals surface area contributed by atoms with Gasteiger partial charge in [-0.25, -0.2) is 0 Å². The molecule has 7 heteroatoms. The topological polar surface area (TPSA) is 82.6 Å². The van der Waals surface area contributed by atoms with E-state index in [2.05, 4.69) is 10.3 Å². The van der Waals surface area contributed by atoms with E-state index in [1.165, 1.54) is 13.1 Å². The zero-order valence-corrected chi connectivity index (χ0v) is 15.9. The predicted octanol–water partition coefficient (Wildman–Crippen LogP) is 1.11. The van der Waals surface area contributed by atoms with Gasteiger partial charge in [-0.2, -0.15) is 0 Å². The molecule has 1 aliphatic rings. The van der Waals surface area contributed by atoms with Gasteiger partial charge in [0.25, 0.3) is 5.91 Å². The van der Waals surface area contributed by atoms with Crippen LogP contribution in [0.15, 0.2) is 54.9 Å². The smallest absolute Gasteiger partial charge is 0.253 e. The third-order valence-electron chi connectivity index (χ3n) is 4.85. The molecule has 28 heavy (non-hydrogen) atoms. The normalized spacial score (nSPS) is 15.0. The van der Waals surface area contributed by atoms with Crippen LogP contribution < -0.4 is 5.32 Å². The molecular formula is C21H24N4O3. The van der Waals surface area contributed by atoms with E-state index in [-0.39, 0.29) is 17.7 Å². The van der Waals surface area contributed by atoms with E-state index in [4.69, 9.17) is 0 Å². The van der Waals surface area contributed by atoms with Crippen molar-refractivity contribution in [3.05, 3.63) is 66.0 Å². The average Bonchev–Trinajstić information content (AvgIpc) is 2.74. The first-order valence-corrected chi connectivity index (χ1v) is 9.33. The van der Waals surface area contributed by atoms with Crippen molar-refractivity contribution in [2.24, 2.45) is 0 Å². The summed E-state index contributed by atoms with van der Waals surface area (Å²) in [6.07, 6.45) is 3.47. The second kappa shape index (κ2) is 9.12. The van der Waals surface area contributed by atoms with Crippen LogP contribution in [0.4, 0.5) is 0 Å². The lowest BCUT2D eigenvalue weighted by Gasteiger charge is -2.36. The van der Waals surface area contributed by atoms with Gasteiger partial charge in [-0.15, -0.1) is 0 Å². The van der Waals surface area contributed by atoms with Crippen LogP contribution >= 0.6 is 0 Å². The van der Waals surface area contributed by atoms with Crippen molar-refractivity contribution in [2.75, 3.05) is 26.2 Å². The summed E-state index contributed by atoms with van der Waals surface area (Å²) in [6, 6.07) is 12.3. The number of carbonyl (C=O) groups is 3. The molecule has 1 saturated heterocycles. The van der Waals surface area contributed by atoms with Crippen molar-refractivity contribution in [3.8, 4) is 0 Å². The minimum Gasteiger partial charge on any atom is -0.340 e. The van der Waals surface area contributed by atoms with Crippen molar-refractivity contribution < 1.29 is 14.4 Å². The van der Waals surface area contributed by atoms with Gasteiger partial charge in [0.1, 0.15) is 6.04 Å². The molecule has 2 aromatic rings. The largest absolute Gasteiger partial charge is 0.340 e. The summed E-state index contributed by atoms with van der Waals surface area (Å²) in [7, 11) is 0. The van der Waals surface area contributed by atoms with E-state index in [0.717, 1.165) is 5.56 Å². The minimum atomic E-state index is -0.681. The first kappa shape index (κ1) is 19.5. The Labute approximate surface area is 164 Å². The minimum absolute atomic E-state index is 0.0119. The van der Waals surface area contributed by atoms with Crippen molar-refractivity contribution in [1.29, 1.82) is 0 Å². The summed E-state index contributed by atoms with van der Waals surface area (Å²) >= 11 is 0. The van der Waals surface area contributed by atoms with Crippen molar-refractivity contribution in [3.63, 3.8) is 0 Å². The van der Waals surface area contributed by atoms with Crippen LogP contribution in [0.5, 0.6) is 0 Å². The summed E-state index contributed by atoms with van der Waals surface area (Å²) in [6.45, 7) is 3.48. The third kappa shape index (κ3) is 4.94. The number of amides is 3. The summed E-state index contributed by atoms with van der Waals surface area (Å²) in [5.74, 6) is -0.452. The van der Waals surface area contributed by atoms with Crippen LogP contribution in [0.1, 0.15) is 22.8 Å². The number of nitrogens with one attached hydrogen (secondary N) is 1. The summed E-state index contributed by atoms with van der Waals surface area (Å²) in [5, 5.41) is 2.86. The van der Waals surface area contributed by atoms with Gasteiger partial charge >= 0.3 is 0 Å². The molecule has 0 aliphatic carbocycles. The van der Waals surface area contributed by atoms with E-state index in [1.54, 1.807) is 28.1 Å². The lowest BCUT2D eigenvalue weighted by atomic mass is 10.0. The molecule has 2 heterocycles. The summed E-state index contributed by atoms with van der Waals surface area (Å²) in [4.78, 5) is 44.7. The fraction of sp³-hybridized carbons (Fsp3) is 0.333. The summed E-state index contributed by atoms with van der Waals surface area (Å²) < 4.78 is 0. The van der Waals surface area contributed by atoms with Gasteiger partial charge in [0.2, 0.25) is 11.8 Å². The van der Waals surface area contributed by atoms with Crippen molar-refractivity contribution in [1.82, 2.24) is 20.1 Å². The average molecular weight is 380 g/mol. The molecular weight excluding hydrogens is 356 g/mol. The van der Waals surface area contributed by atoms with Gasteiger partial charge in [0.05, 0.1) is 5.56 Å². The molecule has 1 fully saturated rings. The third-order valence-corrected chi connectivity index (χ3v) is 4.85. The zero-order chi connectivity index (χ0) is 19.9. The van der Waals surface area contributed by atoms with Crippen LogP contribution in [-0.2, 0) is 16.0 Å². The van der Waals surface area contributed by atoms with E-state index < -0.39 is 6.04 Å². The Morgan fingerprint density at radius 1 is 1.00 bits per heavy atom. The standard InChI is InChI=1S/C21H24N4O3/c1-16(26)24-10-12-25(13-11-24)21(28)19(14-17-6-3-2-4-7-17)23-20(27)18-8-5-9-22-15-18/h2-9,15,19H,10-14H2,1H3,(H,23,27)/t19-/m1/s1. The Morgan fingerprint density at radius 3 is 2.29 bits per heavy atom. The van der Waals surface area contributed by atoms with Crippen LogP contribution in [0, 0.1) is 0 Å². The molecule has 3 amide bonds. The molecule has 7 nitrogen and oxygen atoms in total. The zero-order valence-electron chi connectivity index (χ0n) is 15.9. The number of nitrogens with zero attached hydrogens (tertiary/aromatic N) is 3. The molecule has 0 radical (unpaired) electrons. The highest BCUT2D eigenvalue weighted by Crippen LogP contribution is 2.10. The van der Waals surface area contributed by atoms with Crippen LogP contribution in [0.3, 0.4) is 0 Å². The number of carbonyl (C=O) groups excluding carboxylic acids is 3. The Balaban J connectivity index is 1.73. The highest BCUT2D eigenvalue weighted by molar-refractivity contribution is 5.97. The molecule has 1 aromatic heterocycles. The maximum Gasteiger partial charge on any atom is 0.253 e. The van der Waals surface area contributed by atoms with Gasteiger partial charge in [0.15, 0.2) is 0 Å². The maximum atomic E-state index is 13.1. The first-order valence-electron chi connectivity index (χ1n) is 9.33. The highest BCUT2D eigenvalue weighted by atomic mass is 16.2. The van der Waals surface area contributed by atoms with Gasteiger partial charge in [0, 0.05) is 51.9 Å². The number of pyridine rings is 1. The number of aromatic nitrogens is 1. The van der Waals surface area contributed by atoms with E-state index in [1.807, 2.05) is 30.3 Å². The highest BCUT2D eigenvalue weighted by Gasteiger charge is 2.29. The molecule has 3 rings (SSSR count). The van der Waals surface area contributed by atoms with Crippen LogP contribution in [0.2, 0.25) is 0 Å². The molecule has 0 spiro atoms. The number of rotatable bonds is 5. The molecule has 1 atom stereocenters. The number of hydrogen-bond acceptors (Lipinski definition) is 4. The fourth-order valence-corrected chi connectivity index (χ4v) is 3.25. The maximum absolute atomic E-state index is 13.1. The van der Waals surface area contributed by atoms with Crippen LogP contribution in [0.25, 0.3) is 0 Å². The molecule has 0 saturated carbocycles. The van der Waals surface area contributed by atoms with Gasteiger partial charge in [-0.1, -0.05) is 30.3 Å². The van der Waals surface area contributed by atoms with Crippen molar-refractivity contribution in [2.45, 2.75) is 19.4 Å². The monoisotopic (exact) mass is 380 g/mol. The lowest BCUT2D eigenvalue weighted by molar-refractivity contribution is -0.139. The predicted molar refractivity (Wildman–Crippen MR) is 104 cm³/mol. The second-order valence-corrected chi connectivity index (χ2v) is 6.79. The quantitative estimate of drug-likeness (QED) is 0.843. The van der Waals surface area contributed by atoms with E-state index >= 15 is 0 Å². The molecule has 0 bridgehead atoms. The second-order valence-electron chi connectivity index (χ2n) is 6.79. The Kier molecular flexibility index (Phi) is 6.37.